The van der Waals surface area contributed by atoms with E-state index in [1.165, 1.54) is 4.68 Å². The fourth-order valence-corrected chi connectivity index (χ4v) is 2.85. The Labute approximate surface area is 162 Å². The lowest BCUT2D eigenvalue weighted by molar-refractivity contribution is 0.0449. The van der Waals surface area contributed by atoms with Crippen LogP contribution in [-0.2, 0) is 24.4 Å². The van der Waals surface area contributed by atoms with E-state index in [1.807, 2.05) is 6.92 Å². The van der Waals surface area contributed by atoms with Crippen molar-refractivity contribution in [2.45, 2.75) is 59.2 Å². The maximum absolute atomic E-state index is 12.7. The van der Waals surface area contributed by atoms with Gasteiger partial charge in [0.25, 0.3) is 5.56 Å². The molecule has 2 heterocycles. The van der Waals surface area contributed by atoms with Crippen molar-refractivity contribution in [3.63, 3.8) is 0 Å². The van der Waals surface area contributed by atoms with Crippen LogP contribution in [0.4, 0.5) is 0 Å². The van der Waals surface area contributed by atoms with Crippen LogP contribution in [0, 0.1) is 0 Å². The second kappa shape index (κ2) is 9.20. The van der Waals surface area contributed by atoms with E-state index in [0.29, 0.717) is 29.7 Å². The van der Waals surface area contributed by atoms with Crippen molar-refractivity contribution in [3.05, 3.63) is 46.1 Å². The molecule has 3 aromatic rings. The second-order valence-corrected chi connectivity index (χ2v) is 6.52. The van der Waals surface area contributed by atoms with Gasteiger partial charge in [0.15, 0.2) is 18.1 Å². The van der Waals surface area contributed by atoms with E-state index in [0.717, 1.165) is 25.7 Å². The number of carbonyl (C=O) groups excluding carboxylic acids is 1. The molecule has 0 saturated heterocycles. The fourth-order valence-electron chi connectivity index (χ4n) is 2.85. The molecular formula is C19H24N6O3. The summed E-state index contributed by atoms with van der Waals surface area (Å²) >= 11 is 0. The Hall–Kier alpha value is -3.10. The molecule has 0 amide bonds. The summed E-state index contributed by atoms with van der Waals surface area (Å²) in [5.41, 5.74) is -0.0806. The molecule has 0 aliphatic carbocycles. The van der Waals surface area contributed by atoms with E-state index in [-0.39, 0.29) is 17.9 Å². The number of hydrogen-bond acceptors (Lipinski definition) is 7. The molecule has 1 aromatic carbocycles. The van der Waals surface area contributed by atoms with Crippen molar-refractivity contribution in [3.8, 4) is 0 Å². The summed E-state index contributed by atoms with van der Waals surface area (Å²) in [6.07, 6.45) is 3.65. The van der Waals surface area contributed by atoms with Crippen LogP contribution in [0.25, 0.3) is 10.8 Å². The lowest BCUT2D eigenvalue weighted by atomic mass is 10.1. The number of rotatable bonds is 9. The van der Waals surface area contributed by atoms with Crippen molar-refractivity contribution in [1.29, 1.82) is 0 Å². The van der Waals surface area contributed by atoms with Gasteiger partial charge in [-0.15, -0.1) is 5.10 Å². The quantitative estimate of drug-likeness (QED) is 0.521. The SMILES string of the molecule is CCCCn1nnnc1COC(=O)c1nn(CCCC)c(=O)c2ccccc12. The second-order valence-electron chi connectivity index (χ2n) is 6.52. The number of hydrogen-bond donors (Lipinski definition) is 0. The first-order valence-electron chi connectivity index (χ1n) is 9.57. The van der Waals surface area contributed by atoms with Crippen LogP contribution in [0.1, 0.15) is 55.8 Å². The average Bonchev–Trinajstić information content (AvgIpc) is 3.17. The highest BCUT2D eigenvalue weighted by Crippen LogP contribution is 2.15. The number of tetrazole rings is 1. The topological polar surface area (TPSA) is 105 Å². The van der Waals surface area contributed by atoms with Gasteiger partial charge in [-0.05, 0) is 29.3 Å². The number of nitrogens with zero attached hydrogens (tertiary/aromatic N) is 6. The van der Waals surface area contributed by atoms with Crippen molar-refractivity contribution < 1.29 is 9.53 Å². The zero-order chi connectivity index (χ0) is 19.9. The predicted molar refractivity (Wildman–Crippen MR) is 103 cm³/mol. The Morgan fingerprint density at radius 3 is 2.43 bits per heavy atom. The number of carbonyl (C=O) groups is 1. The summed E-state index contributed by atoms with van der Waals surface area (Å²) in [7, 11) is 0. The Balaban J connectivity index is 1.86. The molecule has 0 aliphatic heterocycles. The first kappa shape index (κ1) is 19.7. The van der Waals surface area contributed by atoms with Gasteiger partial charge in [0, 0.05) is 18.5 Å². The summed E-state index contributed by atoms with van der Waals surface area (Å²) in [5.74, 6) is -0.128. The molecule has 2 aromatic heterocycles. The minimum Gasteiger partial charge on any atom is -0.453 e. The van der Waals surface area contributed by atoms with Gasteiger partial charge in [-0.1, -0.05) is 44.9 Å². The van der Waals surface area contributed by atoms with E-state index in [1.54, 1.807) is 28.9 Å². The summed E-state index contributed by atoms with van der Waals surface area (Å²) < 4.78 is 8.39. The number of esters is 1. The third-order valence-electron chi connectivity index (χ3n) is 4.45. The van der Waals surface area contributed by atoms with Gasteiger partial charge in [0.05, 0.1) is 5.39 Å². The average molecular weight is 384 g/mol. The highest BCUT2D eigenvalue weighted by Gasteiger charge is 2.19. The molecule has 0 N–H and O–H groups in total. The fraction of sp³-hybridized carbons (Fsp3) is 0.474. The van der Waals surface area contributed by atoms with Crippen molar-refractivity contribution in [2.24, 2.45) is 0 Å². The van der Waals surface area contributed by atoms with E-state index in [2.05, 4.69) is 27.5 Å². The van der Waals surface area contributed by atoms with Crippen molar-refractivity contribution >= 4 is 16.7 Å². The predicted octanol–water partition coefficient (Wildman–Crippen LogP) is 2.34. The molecule has 0 fully saturated rings. The molecule has 0 radical (unpaired) electrons. The largest absolute Gasteiger partial charge is 0.453 e. The third kappa shape index (κ3) is 4.24. The summed E-state index contributed by atoms with van der Waals surface area (Å²) in [4.78, 5) is 25.4. The Kier molecular flexibility index (Phi) is 6.46. The molecule has 9 nitrogen and oxygen atoms in total. The van der Waals surface area contributed by atoms with Gasteiger partial charge < -0.3 is 4.74 Å². The molecular weight excluding hydrogens is 360 g/mol. The summed E-state index contributed by atoms with van der Waals surface area (Å²) in [6, 6.07) is 6.94. The molecule has 28 heavy (non-hydrogen) atoms. The number of ether oxygens (including phenoxy) is 1. The highest BCUT2D eigenvalue weighted by molar-refractivity contribution is 6.02. The lowest BCUT2D eigenvalue weighted by Gasteiger charge is -2.10. The molecule has 0 aliphatic rings. The van der Waals surface area contributed by atoms with Crippen LogP contribution < -0.4 is 5.56 Å². The maximum atomic E-state index is 12.7. The van der Waals surface area contributed by atoms with Crippen LogP contribution in [0.2, 0.25) is 0 Å². The van der Waals surface area contributed by atoms with Gasteiger partial charge >= 0.3 is 5.97 Å². The number of aryl methyl sites for hydroxylation is 2. The summed E-state index contributed by atoms with van der Waals surface area (Å²) in [5, 5.41) is 16.7. The molecule has 9 heteroatoms. The number of fused-ring (bicyclic) bond motifs is 1. The molecule has 0 saturated carbocycles. The van der Waals surface area contributed by atoms with Gasteiger partial charge in [-0.3, -0.25) is 4.79 Å². The van der Waals surface area contributed by atoms with E-state index < -0.39 is 5.97 Å². The van der Waals surface area contributed by atoms with Crippen molar-refractivity contribution in [2.75, 3.05) is 0 Å². The van der Waals surface area contributed by atoms with Crippen LogP contribution in [-0.4, -0.2) is 36.0 Å². The molecule has 148 valence electrons. The van der Waals surface area contributed by atoms with Crippen LogP contribution in [0.15, 0.2) is 29.1 Å². The zero-order valence-electron chi connectivity index (χ0n) is 16.2. The van der Waals surface area contributed by atoms with Gasteiger partial charge in [0.1, 0.15) is 0 Å². The van der Waals surface area contributed by atoms with E-state index in [9.17, 15) is 9.59 Å². The first-order chi connectivity index (χ1) is 13.7. The smallest absolute Gasteiger partial charge is 0.359 e. The normalized spacial score (nSPS) is 11.1. The number of benzene rings is 1. The minimum absolute atomic E-state index is 0.0559. The first-order valence-corrected chi connectivity index (χ1v) is 9.57. The monoisotopic (exact) mass is 384 g/mol. The Bertz CT molecular complexity index is 1010. The molecule has 0 bridgehead atoms. The van der Waals surface area contributed by atoms with Crippen LogP contribution >= 0.6 is 0 Å². The van der Waals surface area contributed by atoms with Crippen LogP contribution in [0.5, 0.6) is 0 Å². The number of unbranched alkanes of at least 4 members (excludes halogenated alkanes) is 2. The van der Waals surface area contributed by atoms with Crippen LogP contribution in [0.3, 0.4) is 0 Å². The van der Waals surface area contributed by atoms with Gasteiger partial charge in [-0.2, -0.15) is 5.10 Å². The van der Waals surface area contributed by atoms with E-state index >= 15 is 0 Å². The standard InChI is InChI=1S/C19H24N6O3/c1-3-5-11-24-16(20-22-23-24)13-28-19(27)17-14-9-7-8-10-15(14)18(26)25(21-17)12-6-4-2/h7-10H,3-6,11-13H2,1-2H3. The lowest BCUT2D eigenvalue weighted by Crippen LogP contribution is -2.26. The Morgan fingerprint density at radius 2 is 1.71 bits per heavy atom. The highest BCUT2D eigenvalue weighted by atomic mass is 16.5. The number of aromatic nitrogens is 6. The molecule has 0 unspecified atom stereocenters. The molecule has 3 rings (SSSR count). The van der Waals surface area contributed by atoms with Gasteiger partial charge in [0.2, 0.25) is 0 Å². The molecule has 0 spiro atoms. The maximum Gasteiger partial charge on any atom is 0.359 e. The Morgan fingerprint density at radius 1 is 1.04 bits per heavy atom. The third-order valence-corrected chi connectivity index (χ3v) is 4.45. The van der Waals surface area contributed by atoms with Crippen molar-refractivity contribution in [1.82, 2.24) is 30.0 Å². The van der Waals surface area contributed by atoms with E-state index in [4.69, 9.17) is 4.74 Å². The summed E-state index contributed by atoms with van der Waals surface area (Å²) in [6.45, 7) is 5.17. The zero-order valence-corrected chi connectivity index (χ0v) is 16.2. The van der Waals surface area contributed by atoms with Gasteiger partial charge in [-0.25, -0.2) is 14.2 Å². The molecule has 0 atom stereocenters. The minimum atomic E-state index is -0.605.